The number of rotatable bonds is 4. The molecule has 0 aliphatic carbocycles. The minimum absolute atomic E-state index is 0.0789. The van der Waals surface area contributed by atoms with Gasteiger partial charge in [-0.1, -0.05) is 30.3 Å². The number of alkyl halides is 3. The van der Waals surface area contributed by atoms with Crippen molar-refractivity contribution in [2.45, 2.75) is 6.18 Å². The summed E-state index contributed by atoms with van der Waals surface area (Å²) in [6, 6.07) is 8.71. The zero-order valence-corrected chi connectivity index (χ0v) is 13.8. The quantitative estimate of drug-likeness (QED) is 0.539. The largest absolute Gasteiger partial charge is 0.471 e. The fourth-order valence-corrected chi connectivity index (χ4v) is 2.47. The number of carbonyl (C=O) groups is 2. The number of carbonyl (C=O) groups excluding carboxylic acids is 2. The smallest absolute Gasteiger partial charge is 0.288 e. The molecule has 28 heavy (non-hydrogen) atoms. The summed E-state index contributed by atoms with van der Waals surface area (Å²) in [6.45, 7) is 0. The first-order valence-corrected chi connectivity index (χ1v) is 7.69. The van der Waals surface area contributed by atoms with Crippen LogP contribution in [-0.4, -0.2) is 27.4 Å². The maximum absolute atomic E-state index is 14.5. The Bertz CT molecular complexity index is 1050. The average Bonchev–Trinajstić information content (AvgIpc) is 3.08. The Kier molecular flexibility index (Phi) is 4.95. The van der Waals surface area contributed by atoms with Crippen LogP contribution in [0.3, 0.4) is 0 Å². The van der Waals surface area contributed by atoms with Crippen molar-refractivity contribution < 1.29 is 31.5 Å². The lowest BCUT2D eigenvalue weighted by atomic mass is 10.0. The van der Waals surface area contributed by atoms with E-state index in [0.29, 0.717) is 6.07 Å². The Hall–Kier alpha value is -3.56. The Morgan fingerprint density at radius 1 is 1.04 bits per heavy atom. The molecule has 0 bridgehead atoms. The van der Waals surface area contributed by atoms with Crippen LogP contribution in [0.15, 0.2) is 54.9 Å². The molecule has 144 valence electrons. The number of benzene rings is 2. The molecular formula is C18H10F5N3O2. The first-order chi connectivity index (χ1) is 13.2. The molecule has 1 heterocycles. The molecule has 3 aromatic rings. The molecule has 5 nitrogen and oxygen atoms in total. The normalized spacial score (nSPS) is 11.3. The average molecular weight is 395 g/mol. The van der Waals surface area contributed by atoms with Gasteiger partial charge in [-0.25, -0.2) is 13.8 Å². The van der Waals surface area contributed by atoms with E-state index < -0.39 is 46.7 Å². The first kappa shape index (κ1) is 19.2. The number of halogens is 5. The topological polar surface area (TPSA) is 64.0 Å². The maximum Gasteiger partial charge on any atom is 0.471 e. The number of amides is 1. The number of hydrogen-bond acceptors (Lipinski definition) is 3. The van der Waals surface area contributed by atoms with Crippen LogP contribution >= 0.6 is 0 Å². The van der Waals surface area contributed by atoms with Crippen LogP contribution in [0, 0.1) is 11.6 Å². The second-order valence-corrected chi connectivity index (χ2v) is 5.55. The summed E-state index contributed by atoms with van der Waals surface area (Å²) in [5.41, 5.74) is -0.926. The summed E-state index contributed by atoms with van der Waals surface area (Å²) < 4.78 is 66.6. The van der Waals surface area contributed by atoms with Gasteiger partial charge in [0.15, 0.2) is 5.78 Å². The molecule has 0 aliphatic rings. The highest BCUT2D eigenvalue weighted by atomic mass is 19.4. The Balaban J connectivity index is 2.13. The van der Waals surface area contributed by atoms with E-state index in [2.05, 4.69) is 4.98 Å². The van der Waals surface area contributed by atoms with Gasteiger partial charge in [0.2, 0.25) is 5.95 Å². The molecule has 10 heteroatoms. The van der Waals surface area contributed by atoms with Gasteiger partial charge in [-0.05, 0) is 6.07 Å². The third kappa shape index (κ3) is 3.75. The number of imidazole rings is 1. The predicted octanol–water partition coefficient (Wildman–Crippen LogP) is 3.88. The third-order valence-corrected chi connectivity index (χ3v) is 3.68. The van der Waals surface area contributed by atoms with Crippen molar-refractivity contribution in [2.24, 2.45) is 0 Å². The van der Waals surface area contributed by atoms with Gasteiger partial charge >= 0.3 is 12.1 Å². The molecule has 0 saturated heterocycles. The molecule has 0 spiro atoms. The second kappa shape index (κ2) is 7.22. The lowest BCUT2D eigenvalue weighted by molar-refractivity contribution is -0.167. The van der Waals surface area contributed by atoms with E-state index in [0.717, 1.165) is 23.0 Å². The number of nitrogens with one attached hydrogen (secondary N) is 1. The van der Waals surface area contributed by atoms with Crippen molar-refractivity contribution >= 4 is 17.6 Å². The summed E-state index contributed by atoms with van der Waals surface area (Å²) in [6.07, 6.45) is -3.14. The molecule has 0 atom stereocenters. The minimum Gasteiger partial charge on any atom is -0.288 e. The fourth-order valence-electron chi connectivity index (χ4n) is 2.47. The van der Waals surface area contributed by atoms with Gasteiger partial charge in [-0.15, -0.1) is 0 Å². The number of nitrogens with zero attached hydrogens (tertiary/aromatic N) is 2. The van der Waals surface area contributed by atoms with Crippen molar-refractivity contribution in [3.8, 4) is 5.69 Å². The van der Waals surface area contributed by atoms with Gasteiger partial charge in [-0.2, -0.15) is 13.2 Å². The van der Waals surface area contributed by atoms with Crippen LogP contribution in [-0.2, 0) is 4.79 Å². The molecule has 0 saturated carbocycles. The molecule has 2 aromatic carbocycles. The lowest BCUT2D eigenvalue weighted by Crippen LogP contribution is -2.31. The van der Waals surface area contributed by atoms with E-state index in [1.54, 1.807) is 6.07 Å². The van der Waals surface area contributed by atoms with Crippen LogP contribution in [0.4, 0.5) is 27.9 Å². The van der Waals surface area contributed by atoms with E-state index in [9.17, 15) is 31.5 Å². The van der Waals surface area contributed by atoms with Gasteiger partial charge in [0, 0.05) is 24.0 Å². The molecule has 3 rings (SSSR count). The summed E-state index contributed by atoms with van der Waals surface area (Å²) in [5.74, 6) is -6.10. The van der Waals surface area contributed by atoms with Crippen molar-refractivity contribution in [3.63, 3.8) is 0 Å². The zero-order valence-electron chi connectivity index (χ0n) is 13.8. The molecule has 1 aromatic heterocycles. The number of hydrogen-bond donors (Lipinski definition) is 1. The Labute approximate surface area is 154 Å². The van der Waals surface area contributed by atoms with E-state index in [1.807, 2.05) is 0 Å². The zero-order chi connectivity index (χ0) is 20.5. The SMILES string of the molecule is O=C(c1ccccc1)c1c(F)cc(F)cc1-n1ccnc1NC(=O)C(F)(F)F. The molecule has 0 aliphatic heterocycles. The summed E-state index contributed by atoms with van der Waals surface area (Å²) in [4.78, 5) is 27.5. The van der Waals surface area contributed by atoms with E-state index in [4.69, 9.17) is 0 Å². The van der Waals surface area contributed by atoms with Crippen LogP contribution in [0.2, 0.25) is 0 Å². The minimum atomic E-state index is -5.20. The standard InChI is InChI=1S/C18H10F5N3O2/c19-11-8-12(20)14(15(27)10-4-2-1-3-5-10)13(9-11)26-7-6-24-17(26)25-16(28)18(21,22)23/h1-9H,(H,24,25,28). The monoisotopic (exact) mass is 395 g/mol. The van der Waals surface area contributed by atoms with E-state index in [1.165, 1.54) is 29.6 Å². The van der Waals surface area contributed by atoms with Gasteiger partial charge in [-0.3, -0.25) is 19.5 Å². The Morgan fingerprint density at radius 2 is 1.71 bits per heavy atom. The second-order valence-electron chi connectivity index (χ2n) is 5.55. The third-order valence-electron chi connectivity index (χ3n) is 3.68. The van der Waals surface area contributed by atoms with Crippen molar-refractivity contribution in [2.75, 3.05) is 5.32 Å². The molecule has 1 N–H and O–H groups in total. The Morgan fingerprint density at radius 3 is 2.36 bits per heavy atom. The fraction of sp³-hybridized carbons (Fsp3) is 0.0556. The van der Waals surface area contributed by atoms with Crippen LogP contribution < -0.4 is 5.32 Å². The number of aromatic nitrogens is 2. The van der Waals surface area contributed by atoms with Crippen LogP contribution in [0.1, 0.15) is 15.9 Å². The summed E-state index contributed by atoms with van der Waals surface area (Å²) in [5, 5.41) is 1.51. The maximum atomic E-state index is 14.5. The molecule has 0 radical (unpaired) electrons. The molecule has 0 unspecified atom stereocenters. The van der Waals surface area contributed by atoms with Crippen molar-refractivity contribution in [1.29, 1.82) is 0 Å². The predicted molar refractivity (Wildman–Crippen MR) is 88.0 cm³/mol. The number of ketones is 1. The van der Waals surface area contributed by atoms with Crippen LogP contribution in [0.25, 0.3) is 5.69 Å². The molecule has 1 amide bonds. The molecule has 0 fully saturated rings. The highest BCUT2D eigenvalue weighted by Gasteiger charge is 2.39. The number of anilines is 1. The summed E-state index contributed by atoms with van der Waals surface area (Å²) in [7, 11) is 0. The van der Waals surface area contributed by atoms with Crippen molar-refractivity contribution in [1.82, 2.24) is 9.55 Å². The van der Waals surface area contributed by atoms with E-state index in [-0.39, 0.29) is 5.56 Å². The van der Waals surface area contributed by atoms with Crippen molar-refractivity contribution in [3.05, 3.63) is 77.6 Å². The highest BCUT2D eigenvalue weighted by Crippen LogP contribution is 2.26. The van der Waals surface area contributed by atoms with Gasteiger partial charge in [0.1, 0.15) is 11.6 Å². The van der Waals surface area contributed by atoms with Gasteiger partial charge < -0.3 is 0 Å². The van der Waals surface area contributed by atoms with Gasteiger partial charge in [0.25, 0.3) is 0 Å². The lowest BCUT2D eigenvalue weighted by Gasteiger charge is -2.14. The first-order valence-electron chi connectivity index (χ1n) is 7.69. The summed E-state index contributed by atoms with van der Waals surface area (Å²) >= 11 is 0. The van der Waals surface area contributed by atoms with E-state index >= 15 is 0 Å². The van der Waals surface area contributed by atoms with Gasteiger partial charge in [0.05, 0.1) is 11.3 Å². The molecular weight excluding hydrogens is 385 g/mol. The highest BCUT2D eigenvalue weighted by molar-refractivity contribution is 6.11. The van der Waals surface area contributed by atoms with Crippen LogP contribution in [0.5, 0.6) is 0 Å².